The average Bonchev–Trinajstić information content (AvgIpc) is 3.44. The van der Waals surface area contributed by atoms with Crippen LogP contribution in [0.3, 0.4) is 0 Å². The van der Waals surface area contributed by atoms with E-state index in [1.165, 1.54) is 0 Å². The zero-order valence-electron chi connectivity index (χ0n) is 20.6. The summed E-state index contributed by atoms with van der Waals surface area (Å²) in [7, 11) is 0. The van der Waals surface area contributed by atoms with Crippen molar-refractivity contribution in [2.45, 2.75) is 43.8 Å². The highest BCUT2D eigenvalue weighted by molar-refractivity contribution is 5.97. The molecule has 222 valence electrons. The highest BCUT2D eigenvalue weighted by Crippen LogP contribution is 2.39. The van der Waals surface area contributed by atoms with Crippen LogP contribution >= 0.6 is 0 Å². The number of rotatable bonds is 5. The quantitative estimate of drug-likeness (QED) is 0.388. The summed E-state index contributed by atoms with van der Waals surface area (Å²) < 4.78 is 124. The second-order valence-electron chi connectivity index (χ2n) is 9.34. The first-order valence-corrected chi connectivity index (χ1v) is 11.5. The number of carbonyl (C=O) groups excluding carboxylic acids is 2. The summed E-state index contributed by atoms with van der Waals surface area (Å²) in [5, 5.41) is 15.3. The fourth-order valence-electron chi connectivity index (χ4n) is 4.35. The summed E-state index contributed by atoms with van der Waals surface area (Å²) in [6, 6.07) is 0.344. The molecule has 18 heteroatoms. The summed E-state index contributed by atoms with van der Waals surface area (Å²) in [4.78, 5) is 29.0. The smallest absolute Gasteiger partial charge is 0.382 e. The topological polar surface area (TPSA) is 126 Å². The molecule has 4 N–H and O–H groups in total. The fraction of sp³-hybridized carbons (Fsp3) is 0.391. The predicted octanol–water partition coefficient (Wildman–Crippen LogP) is 3.20. The Morgan fingerprint density at radius 1 is 1.15 bits per heavy atom. The van der Waals surface area contributed by atoms with Crippen LogP contribution in [0.5, 0.6) is 0 Å². The number of benzene rings is 1. The molecule has 2 aromatic heterocycles. The minimum Gasteiger partial charge on any atom is -0.382 e. The predicted molar refractivity (Wildman–Crippen MR) is 122 cm³/mol. The van der Waals surface area contributed by atoms with Gasteiger partial charge in [-0.05, 0) is 25.1 Å². The average molecular weight is 598 g/mol. The molecule has 1 saturated heterocycles. The third-order valence-corrected chi connectivity index (χ3v) is 6.58. The third-order valence-electron chi connectivity index (χ3n) is 6.58. The standard InChI is InChI=1S/C23H19F9N6O3/c1-21(41,23(30,31)32)20(40)37-6-14(26)15(7-37)36-19(39)10-2-9(3-13(25)11(10)5-24)16-4-12(22(27,28)29)17-18(33)34-8-35-38(16)17/h2-4,8,14-15,41H,5-7H2,1H3,(H,36,39)(H2,33,34,35)/t14-,15+,21?/m0/s1. The maximum atomic E-state index is 14.9. The third kappa shape index (κ3) is 5.22. The van der Waals surface area contributed by atoms with Gasteiger partial charge in [-0.2, -0.15) is 31.4 Å². The Morgan fingerprint density at radius 2 is 1.80 bits per heavy atom. The van der Waals surface area contributed by atoms with Crippen molar-refractivity contribution in [1.82, 2.24) is 24.8 Å². The number of hydrogen-bond donors (Lipinski definition) is 3. The number of anilines is 1. The summed E-state index contributed by atoms with van der Waals surface area (Å²) in [5.74, 6) is -5.16. The van der Waals surface area contributed by atoms with E-state index in [0.29, 0.717) is 21.5 Å². The number of fused-ring (bicyclic) bond motifs is 1. The van der Waals surface area contributed by atoms with Crippen molar-refractivity contribution >= 4 is 23.1 Å². The first-order valence-electron chi connectivity index (χ1n) is 11.5. The molecule has 0 aliphatic carbocycles. The molecule has 1 aliphatic heterocycles. The molecule has 41 heavy (non-hydrogen) atoms. The van der Waals surface area contributed by atoms with Gasteiger partial charge in [0, 0.05) is 23.2 Å². The van der Waals surface area contributed by atoms with Crippen molar-refractivity contribution in [2.75, 3.05) is 18.8 Å². The molecule has 1 unspecified atom stereocenters. The van der Waals surface area contributed by atoms with Gasteiger partial charge in [-0.15, -0.1) is 0 Å². The number of aliphatic hydroxyl groups is 1. The summed E-state index contributed by atoms with van der Waals surface area (Å²) in [6.45, 7) is -3.18. The van der Waals surface area contributed by atoms with E-state index in [1.54, 1.807) is 0 Å². The van der Waals surface area contributed by atoms with Crippen molar-refractivity contribution in [3.63, 3.8) is 0 Å². The lowest BCUT2D eigenvalue weighted by atomic mass is 10.0. The molecule has 0 spiro atoms. The highest BCUT2D eigenvalue weighted by atomic mass is 19.4. The molecule has 3 heterocycles. The van der Waals surface area contributed by atoms with Gasteiger partial charge in [0.15, 0.2) is 5.82 Å². The summed E-state index contributed by atoms with van der Waals surface area (Å²) in [6.07, 6.45) is -11.7. The van der Waals surface area contributed by atoms with Gasteiger partial charge in [-0.3, -0.25) is 9.59 Å². The van der Waals surface area contributed by atoms with Gasteiger partial charge in [-0.1, -0.05) is 0 Å². The molecule has 1 aliphatic rings. The molecule has 2 amide bonds. The minimum absolute atomic E-state index is 0.171. The van der Waals surface area contributed by atoms with Crippen molar-refractivity contribution < 1.29 is 54.2 Å². The number of carbonyl (C=O) groups is 2. The normalized spacial score (nSPS) is 19.4. The molecule has 0 saturated carbocycles. The van der Waals surface area contributed by atoms with Gasteiger partial charge in [0.1, 0.15) is 30.5 Å². The van der Waals surface area contributed by atoms with Crippen LogP contribution in [0.2, 0.25) is 0 Å². The molecule has 0 bridgehead atoms. The van der Waals surface area contributed by atoms with Crippen LogP contribution in [0, 0.1) is 5.82 Å². The van der Waals surface area contributed by atoms with Gasteiger partial charge in [-0.25, -0.2) is 22.7 Å². The summed E-state index contributed by atoms with van der Waals surface area (Å²) >= 11 is 0. The number of nitrogens with two attached hydrogens (primary N) is 1. The number of aromatic nitrogens is 3. The number of nitrogen functional groups attached to an aromatic ring is 1. The molecule has 3 atom stereocenters. The molecule has 0 radical (unpaired) electrons. The largest absolute Gasteiger partial charge is 0.426 e. The number of amides is 2. The Balaban J connectivity index is 1.69. The molecule has 1 fully saturated rings. The number of alkyl halides is 8. The molecule has 4 rings (SSSR count). The SMILES string of the molecule is CC(O)(C(=O)N1C[C@H](F)[C@H](NC(=O)c2cc(-c3cc(C(F)(F)F)c4c(N)ncnn34)cc(F)c2CF)C1)C(F)(F)F. The van der Waals surface area contributed by atoms with Crippen molar-refractivity contribution in [1.29, 1.82) is 0 Å². The highest BCUT2D eigenvalue weighted by Gasteiger charge is 2.58. The van der Waals surface area contributed by atoms with Crippen LogP contribution in [0.15, 0.2) is 24.5 Å². The van der Waals surface area contributed by atoms with E-state index in [-0.39, 0.29) is 6.92 Å². The maximum Gasteiger partial charge on any atom is 0.426 e. The van der Waals surface area contributed by atoms with E-state index in [4.69, 9.17) is 5.73 Å². The van der Waals surface area contributed by atoms with Gasteiger partial charge in [0.2, 0.25) is 5.60 Å². The molecular weight excluding hydrogens is 579 g/mol. The Labute approximate surface area is 223 Å². The van der Waals surface area contributed by atoms with Crippen LogP contribution < -0.4 is 11.1 Å². The monoisotopic (exact) mass is 598 g/mol. The first kappa shape index (κ1) is 29.9. The van der Waals surface area contributed by atoms with Crippen LogP contribution in [0.25, 0.3) is 16.8 Å². The second-order valence-corrected chi connectivity index (χ2v) is 9.34. The Bertz CT molecular complexity index is 1520. The number of hydrogen-bond acceptors (Lipinski definition) is 6. The fourth-order valence-corrected chi connectivity index (χ4v) is 4.35. The van der Waals surface area contributed by atoms with Gasteiger partial charge < -0.3 is 21.1 Å². The minimum atomic E-state index is -5.39. The number of nitrogens with one attached hydrogen (secondary N) is 1. The maximum absolute atomic E-state index is 14.9. The van der Waals surface area contributed by atoms with E-state index >= 15 is 0 Å². The van der Waals surface area contributed by atoms with E-state index < -0.39 is 107 Å². The van der Waals surface area contributed by atoms with E-state index in [9.17, 15) is 54.2 Å². The lowest BCUT2D eigenvalue weighted by molar-refractivity contribution is -0.249. The van der Waals surface area contributed by atoms with Gasteiger partial charge >= 0.3 is 12.4 Å². The van der Waals surface area contributed by atoms with Gasteiger partial charge in [0.05, 0.1) is 23.8 Å². The number of halogens is 9. The van der Waals surface area contributed by atoms with E-state index in [1.807, 2.05) is 5.32 Å². The Morgan fingerprint density at radius 3 is 2.39 bits per heavy atom. The second kappa shape index (κ2) is 10.1. The Hall–Kier alpha value is -4.09. The summed E-state index contributed by atoms with van der Waals surface area (Å²) in [5.41, 5.74) is -2.68. The Kier molecular flexibility index (Phi) is 7.34. The molecule has 3 aromatic rings. The van der Waals surface area contributed by atoms with Crippen molar-refractivity contribution in [3.05, 3.63) is 47.0 Å². The number of nitrogens with zero attached hydrogens (tertiary/aromatic N) is 4. The van der Waals surface area contributed by atoms with Crippen LogP contribution in [-0.4, -0.2) is 73.5 Å². The number of likely N-dealkylation sites (tertiary alicyclic amines) is 1. The molecular formula is C23H19F9N6O3. The van der Waals surface area contributed by atoms with Crippen molar-refractivity contribution in [2.24, 2.45) is 0 Å². The lowest BCUT2D eigenvalue weighted by Crippen LogP contribution is -2.56. The van der Waals surface area contributed by atoms with Crippen molar-refractivity contribution in [3.8, 4) is 11.3 Å². The van der Waals surface area contributed by atoms with E-state index in [0.717, 1.165) is 12.4 Å². The van der Waals surface area contributed by atoms with Crippen LogP contribution in [-0.2, 0) is 17.6 Å². The zero-order valence-corrected chi connectivity index (χ0v) is 20.6. The first-order chi connectivity index (χ1) is 18.9. The molecule has 1 aromatic carbocycles. The van der Waals surface area contributed by atoms with Crippen LogP contribution in [0.1, 0.15) is 28.4 Å². The lowest BCUT2D eigenvalue weighted by Gasteiger charge is -2.29. The van der Waals surface area contributed by atoms with Crippen LogP contribution in [0.4, 0.5) is 45.3 Å². The van der Waals surface area contributed by atoms with Gasteiger partial charge in [0.25, 0.3) is 11.8 Å². The zero-order chi connectivity index (χ0) is 30.7. The van der Waals surface area contributed by atoms with E-state index in [2.05, 4.69) is 10.1 Å². The molecule has 9 nitrogen and oxygen atoms in total.